The van der Waals surface area contributed by atoms with Gasteiger partial charge >= 0.3 is 0 Å². The highest BCUT2D eigenvalue weighted by Gasteiger charge is 2.27. The average molecular weight is 599 g/mol. The second-order valence-corrected chi connectivity index (χ2v) is 12.0. The van der Waals surface area contributed by atoms with Crippen LogP contribution >= 0.6 is 0 Å². The minimum absolute atomic E-state index is 0.612. The van der Waals surface area contributed by atoms with Gasteiger partial charge in [0.25, 0.3) is 0 Å². The fourth-order valence-electron chi connectivity index (χ4n) is 7.79. The van der Waals surface area contributed by atoms with Gasteiger partial charge in [-0.2, -0.15) is 0 Å². The van der Waals surface area contributed by atoms with Crippen LogP contribution in [0.1, 0.15) is 0 Å². The van der Waals surface area contributed by atoms with E-state index in [9.17, 15) is 0 Å². The first-order chi connectivity index (χ1) is 23.3. The molecule has 0 aliphatic heterocycles. The number of hydrogen-bond acceptors (Lipinski definition) is 0. The molecule has 0 atom stereocenters. The maximum Gasteiger partial charge on any atom is 0.213 e. The van der Waals surface area contributed by atoms with Crippen molar-refractivity contribution in [2.75, 3.05) is 0 Å². The first kappa shape index (κ1) is 25.7. The van der Waals surface area contributed by atoms with Gasteiger partial charge in [0.15, 0.2) is 0 Å². The van der Waals surface area contributed by atoms with Crippen LogP contribution in [-0.2, 0) is 0 Å². The molecule has 0 radical (unpaired) electrons. The topological polar surface area (TPSA) is 19.1 Å². The van der Waals surface area contributed by atoms with E-state index in [2.05, 4.69) is 170 Å². The predicted molar refractivity (Wildman–Crippen MR) is 196 cm³/mol. The number of rotatable bonds is 3. The fraction of sp³-hybridized carbons (Fsp3) is 0. The zero-order chi connectivity index (χ0) is 31.1. The number of benzene rings is 7. The standard InChI is InChI=1S/C43H26N4/c1-44-34-27-40(46-35-22-10-5-17-29(35)30-18-6-11-23-36(30)46)43(47-37-24-12-7-19-31(37)32-20-8-13-25-38(32)47)41-33-21-9-14-26-39(33)45(42(34)41)28-15-3-2-4-16-28/h2-27H. The van der Waals surface area contributed by atoms with Gasteiger partial charge in [-0.15, -0.1) is 0 Å². The fourth-order valence-corrected chi connectivity index (χ4v) is 7.79. The normalized spacial score (nSPS) is 11.8. The molecule has 0 fully saturated rings. The summed E-state index contributed by atoms with van der Waals surface area (Å²) in [5.74, 6) is 0. The molecule has 0 unspecified atom stereocenters. The SMILES string of the molecule is [C-]#[N+]c1cc(-n2c3ccccc3c3ccccc32)c(-n2c3ccccc3c3ccccc32)c2c3ccccc3n(-c3ccccc3)c12. The molecule has 4 nitrogen and oxygen atoms in total. The average Bonchev–Trinajstić information content (AvgIpc) is 3.78. The predicted octanol–water partition coefficient (Wildman–Crippen LogP) is 11.5. The van der Waals surface area contributed by atoms with Gasteiger partial charge in [0.2, 0.25) is 5.69 Å². The van der Waals surface area contributed by atoms with Crippen molar-refractivity contribution in [2.45, 2.75) is 0 Å². The molecular weight excluding hydrogens is 573 g/mol. The minimum atomic E-state index is 0.612. The Labute approximate surface area is 270 Å². The third-order valence-electron chi connectivity index (χ3n) is 9.63. The van der Waals surface area contributed by atoms with Gasteiger partial charge in [-0.3, -0.25) is 0 Å². The molecule has 10 aromatic rings. The molecule has 3 aromatic heterocycles. The van der Waals surface area contributed by atoms with E-state index in [0.29, 0.717) is 5.69 Å². The number of nitrogens with zero attached hydrogens (tertiary/aromatic N) is 4. The van der Waals surface area contributed by atoms with Crippen molar-refractivity contribution < 1.29 is 0 Å². The summed E-state index contributed by atoms with van der Waals surface area (Å²) < 4.78 is 7.07. The quantitative estimate of drug-likeness (QED) is 0.180. The second-order valence-electron chi connectivity index (χ2n) is 12.0. The van der Waals surface area contributed by atoms with Gasteiger partial charge in [0.1, 0.15) is 0 Å². The lowest BCUT2D eigenvalue weighted by Gasteiger charge is -2.20. The number of hydrogen-bond donors (Lipinski definition) is 0. The molecule has 0 saturated heterocycles. The summed E-state index contributed by atoms with van der Waals surface area (Å²) in [7, 11) is 0. The first-order valence-electron chi connectivity index (χ1n) is 15.8. The third-order valence-corrected chi connectivity index (χ3v) is 9.63. The Bertz CT molecular complexity index is 2810. The van der Waals surface area contributed by atoms with Crippen molar-refractivity contribution in [2.24, 2.45) is 0 Å². The molecule has 0 saturated carbocycles. The Hall–Kier alpha value is -6.57. The van der Waals surface area contributed by atoms with Crippen molar-refractivity contribution in [3.63, 3.8) is 0 Å². The van der Waals surface area contributed by atoms with Crippen LogP contribution in [0.5, 0.6) is 0 Å². The van der Waals surface area contributed by atoms with E-state index in [-0.39, 0.29) is 0 Å². The van der Waals surface area contributed by atoms with Gasteiger partial charge in [-0.05, 0) is 48.5 Å². The smallest absolute Gasteiger partial charge is 0.213 e. The number of fused-ring (bicyclic) bond motifs is 9. The summed E-state index contributed by atoms with van der Waals surface area (Å²) in [5.41, 5.74) is 10.1. The highest BCUT2D eigenvalue weighted by atomic mass is 15.1. The summed E-state index contributed by atoms with van der Waals surface area (Å²) in [5, 5.41) is 6.94. The zero-order valence-corrected chi connectivity index (χ0v) is 25.3. The Morgan fingerprint density at radius 2 is 0.809 bits per heavy atom. The summed E-state index contributed by atoms with van der Waals surface area (Å²) in [6.45, 7) is 8.61. The van der Waals surface area contributed by atoms with E-state index in [0.717, 1.165) is 60.9 Å². The molecule has 47 heavy (non-hydrogen) atoms. The van der Waals surface area contributed by atoms with Crippen LogP contribution in [0.15, 0.2) is 158 Å². The van der Waals surface area contributed by atoms with Crippen LogP contribution in [0.25, 0.3) is 87.3 Å². The van der Waals surface area contributed by atoms with Crippen molar-refractivity contribution >= 4 is 71.1 Å². The maximum atomic E-state index is 8.61. The van der Waals surface area contributed by atoms with Crippen molar-refractivity contribution in [3.8, 4) is 17.1 Å². The van der Waals surface area contributed by atoms with Gasteiger partial charge in [-0.1, -0.05) is 109 Å². The van der Waals surface area contributed by atoms with Crippen LogP contribution < -0.4 is 0 Å². The molecule has 0 spiro atoms. The summed E-state index contributed by atoms with van der Waals surface area (Å²) in [4.78, 5) is 4.26. The van der Waals surface area contributed by atoms with Crippen LogP contribution in [0.4, 0.5) is 5.69 Å². The van der Waals surface area contributed by atoms with E-state index in [4.69, 9.17) is 6.57 Å². The summed E-state index contributed by atoms with van der Waals surface area (Å²) in [6.07, 6.45) is 0. The molecule has 0 aliphatic carbocycles. The first-order valence-corrected chi connectivity index (χ1v) is 15.8. The van der Waals surface area contributed by atoms with E-state index < -0.39 is 0 Å². The lowest BCUT2D eigenvalue weighted by atomic mass is 10.1. The van der Waals surface area contributed by atoms with E-state index in [1.807, 2.05) is 6.07 Å². The molecule has 0 aliphatic rings. The van der Waals surface area contributed by atoms with Gasteiger partial charge in [0, 0.05) is 38.0 Å². The molecule has 0 bridgehead atoms. The molecule has 0 N–H and O–H groups in total. The lowest BCUT2D eigenvalue weighted by Crippen LogP contribution is -2.05. The van der Waals surface area contributed by atoms with E-state index in [1.165, 1.54) is 21.5 Å². The van der Waals surface area contributed by atoms with Crippen molar-refractivity contribution in [3.05, 3.63) is 169 Å². The second kappa shape index (κ2) is 9.71. The molecule has 4 heteroatoms. The molecule has 7 aromatic carbocycles. The van der Waals surface area contributed by atoms with Gasteiger partial charge < -0.3 is 13.7 Å². The third kappa shape index (κ3) is 3.46. The van der Waals surface area contributed by atoms with E-state index in [1.54, 1.807) is 0 Å². The monoisotopic (exact) mass is 598 g/mol. The molecular formula is C43H26N4. The van der Waals surface area contributed by atoms with Crippen molar-refractivity contribution in [1.29, 1.82) is 0 Å². The number of para-hydroxylation sites is 6. The molecule has 3 heterocycles. The van der Waals surface area contributed by atoms with Crippen LogP contribution in [-0.4, -0.2) is 13.7 Å². The Balaban J connectivity index is 1.53. The van der Waals surface area contributed by atoms with Gasteiger partial charge in [-0.25, -0.2) is 4.85 Å². The number of aromatic nitrogens is 3. The molecule has 218 valence electrons. The zero-order valence-electron chi connectivity index (χ0n) is 25.3. The molecule has 0 amide bonds. The van der Waals surface area contributed by atoms with Crippen LogP contribution in [0.2, 0.25) is 0 Å². The summed E-state index contributed by atoms with van der Waals surface area (Å²) >= 11 is 0. The summed E-state index contributed by atoms with van der Waals surface area (Å²) in [6, 6.07) is 55.7. The Kier molecular flexibility index (Phi) is 5.32. The molecule has 10 rings (SSSR count). The Morgan fingerprint density at radius 1 is 0.404 bits per heavy atom. The van der Waals surface area contributed by atoms with Crippen LogP contribution in [0.3, 0.4) is 0 Å². The lowest BCUT2D eigenvalue weighted by molar-refractivity contribution is 1.11. The Morgan fingerprint density at radius 3 is 1.30 bits per heavy atom. The minimum Gasteiger partial charge on any atom is -0.319 e. The van der Waals surface area contributed by atoms with Gasteiger partial charge in [0.05, 0.1) is 51.0 Å². The highest BCUT2D eigenvalue weighted by molar-refractivity contribution is 6.21. The maximum absolute atomic E-state index is 8.61. The highest BCUT2D eigenvalue weighted by Crippen LogP contribution is 2.47. The van der Waals surface area contributed by atoms with Crippen LogP contribution in [0, 0.1) is 6.57 Å². The van der Waals surface area contributed by atoms with Crippen molar-refractivity contribution in [1.82, 2.24) is 13.7 Å². The largest absolute Gasteiger partial charge is 0.319 e. The van der Waals surface area contributed by atoms with E-state index >= 15 is 0 Å².